The van der Waals surface area contributed by atoms with Crippen LogP contribution in [0.1, 0.15) is 25.0 Å². The van der Waals surface area contributed by atoms with Gasteiger partial charge in [-0.15, -0.1) is 11.8 Å². The molecule has 0 nitrogen and oxygen atoms in total. The lowest BCUT2D eigenvalue weighted by atomic mass is 10.0. The summed E-state index contributed by atoms with van der Waals surface area (Å²) in [5.74, 6) is 11.9. The van der Waals surface area contributed by atoms with Gasteiger partial charge in [0.1, 0.15) is 0 Å². The summed E-state index contributed by atoms with van der Waals surface area (Å²) in [7, 11) is 0. The van der Waals surface area contributed by atoms with Crippen molar-refractivity contribution in [2.45, 2.75) is 13.8 Å². The van der Waals surface area contributed by atoms with E-state index < -0.39 is 0 Å². The monoisotopic (exact) mass is 204 g/mol. The Labute approximate surface area is 96.3 Å². The molecule has 0 amide bonds. The van der Waals surface area contributed by atoms with Crippen molar-refractivity contribution in [2.24, 2.45) is 0 Å². The summed E-state index contributed by atoms with van der Waals surface area (Å²) in [6, 6.07) is 12.5. The van der Waals surface area contributed by atoms with Crippen molar-refractivity contribution < 1.29 is 0 Å². The molecule has 76 valence electrons. The predicted octanol–water partition coefficient (Wildman–Crippen LogP) is 3.58. The van der Waals surface area contributed by atoms with Gasteiger partial charge in [0.2, 0.25) is 0 Å². The fourth-order valence-corrected chi connectivity index (χ4v) is 1.69. The number of benzene rings is 2. The van der Waals surface area contributed by atoms with E-state index >= 15 is 0 Å². The first-order valence-electron chi connectivity index (χ1n) is 5.23. The smallest absolute Gasteiger partial charge is 0.0251 e. The second-order valence-electron chi connectivity index (χ2n) is 3.53. The van der Waals surface area contributed by atoms with E-state index in [9.17, 15) is 0 Å². The van der Waals surface area contributed by atoms with Crippen molar-refractivity contribution in [3.05, 3.63) is 47.5 Å². The maximum atomic E-state index is 3.06. The van der Waals surface area contributed by atoms with Gasteiger partial charge in [-0.1, -0.05) is 24.0 Å². The molecule has 0 N–H and O–H groups in total. The van der Waals surface area contributed by atoms with Gasteiger partial charge in [0, 0.05) is 11.1 Å². The zero-order valence-electron chi connectivity index (χ0n) is 9.46. The Morgan fingerprint density at radius 2 is 1.12 bits per heavy atom. The minimum Gasteiger partial charge on any atom is -0.101 e. The highest BCUT2D eigenvalue weighted by atomic mass is 14.0. The van der Waals surface area contributed by atoms with Gasteiger partial charge < -0.3 is 0 Å². The highest BCUT2D eigenvalue weighted by molar-refractivity contribution is 5.85. The third-order valence-corrected chi connectivity index (χ3v) is 2.38. The summed E-state index contributed by atoms with van der Waals surface area (Å²) in [5.41, 5.74) is 2.12. The normalized spacial score (nSPS) is 8.88. The molecule has 0 saturated carbocycles. The Balaban J connectivity index is 2.58. The Morgan fingerprint density at radius 3 is 1.50 bits per heavy atom. The van der Waals surface area contributed by atoms with Gasteiger partial charge in [-0.25, -0.2) is 0 Å². The molecule has 0 aliphatic rings. The summed E-state index contributed by atoms with van der Waals surface area (Å²) in [5, 5.41) is 2.42. The van der Waals surface area contributed by atoms with Crippen LogP contribution < -0.4 is 0 Å². The van der Waals surface area contributed by atoms with Crippen molar-refractivity contribution in [2.75, 3.05) is 0 Å². The van der Waals surface area contributed by atoms with Crippen LogP contribution in [0.15, 0.2) is 36.4 Å². The number of rotatable bonds is 0. The van der Waals surface area contributed by atoms with Crippen LogP contribution in [-0.2, 0) is 0 Å². The van der Waals surface area contributed by atoms with Crippen LogP contribution in [0.25, 0.3) is 10.8 Å². The van der Waals surface area contributed by atoms with Crippen molar-refractivity contribution in [3.63, 3.8) is 0 Å². The van der Waals surface area contributed by atoms with Gasteiger partial charge in [-0.2, -0.15) is 0 Å². The number of hydrogen-bond acceptors (Lipinski definition) is 0. The Hall–Kier alpha value is -2.18. The van der Waals surface area contributed by atoms with Crippen molar-refractivity contribution in [1.29, 1.82) is 0 Å². The average Bonchev–Trinajstić information content (AvgIpc) is 2.30. The first-order valence-corrected chi connectivity index (χ1v) is 5.23. The van der Waals surface area contributed by atoms with Gasteiger partial charge in [0.25, 0.3) is 0 Å². The van der Waals surface area contributed by atoms with Crippen molar-refractivity contribution in [3.8, 4) is 23.7 Å². The maximum Gasteiger partial charge on any atom is 0.0251 e. The molecule has 16 heavy (non-hydrogen) atoms. The molecule has 2 aromatic carbocycles. The van der Waals surface area contributed by atoms with Crippen LogP contribution >= 0.6 is 0 Å². The predicted molar refractivity (Wildman–Crippen MR) is 69.1 cm³/mol. The average molecular weight is 204 g/mol. The third kappa shape index (κ3) is 2.08. The van der Waals surface area contributed by atoms with E-state index in [-0.39, 0.29) is 0 Å². The van der Waals surface area contributed by atoms with Crippen LogP contribution in [0.2, 0.25) is 0 Å². The molecule has 0 aromatic heterocycles. The fourth-order valence-electron chi connectivity index (χ4n) is 1.69. The molecule has 0 fully saturated rings. The van der Waals surface area contributed by atoms with Gasteiger partial charge in [0.05, 0.1) is 0 Å². The molecule has 0 saturated heterocycles. The fraction of sp³-hybridized carbons (Fsp3) is 0.125. The van der Waals surface area contributed by atoms with Crippen LogP contribution in [-0.4, -0.2) is 0 Å². The highest BCUT2D eigenvalue weighted by Gasteiger charge is 1.95. The van der Waals surface area contributed by atoms with Crippen LogP contribution in [0.5, 0.6) is 0 Å². The van der Waals surface area contributed by atoms with Gasteiger partial charge >= 0.3 is 0 Å². The van der Waals surface area contributed by atoms with E-state index in [2.05, 4.69) is 47.9 Å². The van der Waals surface area contributed by atoms with Crippen LogP contribution in [0.3, 0.4) is 0 Å². The lowest BCUT2D eigenvalue weighted by Crippen LogP contribution is -1.79. The van der Waals surface area contributed by atoms with Gasteiger partial charge in [-0.05, 0) is 48.9 Å². The molecule has 0 bridgehead atoms. The van der Waals surface area contributed by atoms with E-state index in [4.69, 9.17) is 0 Å². The summed E-state index contributed by atoms with van der Waals surface area (Å²) >= 11 is 0. The second kappa shape index (κ2) is 4.56. The van der Waals surface area contributed by atoms with E-state index in [1.165, 1.54) is 10.8 Å². The van der Waals surface area contributed by atoms with E-state index in [1.807, 2.05) is 26.0 Å². The van der Waals surface area contributed by atoms with Gasteiger partial charge in [-0.3, -0.25) is 0 Å². The highest BCUT2D eigenvalue weighted by Crippen LogP contribution is 2.17. The standard InChI is InChI=1S/C16H12/c1-3-5-13-7-9-16-12-14(6-4-2)8-10-15(16)11-13/h7-12H,1-2H3. The lowest BCUT2D eigenvalue weighted by Gasteiger charge is -1.99. The Bertz CT molecular complexity index is 581. The van der Waals surface area contributed by atoms with E-state index in [1.54, 1.807) is 0 Å². The second-order valence-corrected chi connectivity index (χ2v) is 3.53. The molecule has 0 heterocycles. The molecule has 0 aliphatic carbocycles. The summed E-state index contributed by atoms with van der Waals surface area (Å²) in [6.45, 7) is 3.70. The molecular formula is C16H12. The lowest BCUT2D eigenvalue weighted by molar-refractivity contribution is 1.66. The molecule has 2 aromatic rings. The quantitative estimate of drug-likeness (QED) is 0.575. The van der Waals surface area contributed by atoms with Crippen LogP contribution in [0, 0.1) is 23.7 Å². The van der Waals surface area contributed by atoms with Crippen molar-refractivity contribution >= 4 is 10.8 Å². The molecule has 0 atom stereocenters. The minimum atomic E-state index is 1.06. The first kappa shape index (κ1) is 10.3. The number of fused-ring (bicyclic) bond motifs is 1. The number of hydrogen-bond donors (Lipinski definition) is 0. The molecule has 0 spiro atoms. The van der Waals surface area contributed by atoms with Crippen molar-refractivity contribution in [1.82, 2.24) is 0 Å². The Kier molecular flexibility index (Phi) is 2.95. The van der Waals surface area contributed by atoms with Gasteiger partial charge in [0.15, 0.2) is 0 Å². The summed E-state index contributed by atoms with van der Waals surface area (Å²) in [6.07, 6.45) is 0. The minimum absolute atomic E-state index is 1.06. The zero-order chi connectivity index (χ0) is 11.4. The molecule has 0 radical (unpaired) electrons. The summed E-state index contributed by atoms with van der Waals surface area (Å²) < 4.78 is 0. The largest absolute Gasteiger partial charge is 0.101 e. The molecule has 0 heteroatoms. The topological polar surface area (TPSA) is 0 Å². The first-order chi connectivity index (χ1) is 7.83. The van der Waals surface area contributed by atoms with Crippen LogP contribution in [0.4, 0.5) is 0 Å². The molecule has 2 rings (SSSR count). The van der Waals surface area contributed by atoms with E-state index in [0.717, 1.165) is 11.1 Å². The van der Waals surface area contributed by atoms with E-state index in [0.29, 0.717) is 0 Å². The summed E-state index contributed by atoms with van der Waals surface area (Å²) in [4.78, 5) is 0. The zero-order valence-corrected chi connectivity index (χ0v) is 9.46. The molecule has 0 aliphatic heterocycles. The maximum absolute atomic E-state index is 3.06. The molecule has 0 unspecified atom stereocenters. The third-order valence-electron chi connectivity index (χ3n) is 2.38. The SMILES string of the molecule is CC#Cc1ccc2cc(C#CC)ccc2c1. The molecular weight excluding hydrogens is 192 g/mol. The Morgan fingerprint density at radius 1 is 0.688 bits per heavy atom.